The van der Waals surface area contributed by atoms with Crippen molar-refractivity contribution < 1.29 is 9.59 Å². The Bertz CT molecular complexity index is 909. The minimum Gasteiger partial charge on any atom is -0.272 e. The van der Waals surface area contributed by atoms with Crippen molar-refractivity contribution in [2.45, 2.75) is 18.5 Å². The monoisotopic (exact) mass is 381 g/mol. The Kier molecular flexibility index (Phi) is 6.22. The maximum Gasteiger partial charge on any atom is 0.269 e. The maximum absolute atomic E-state index is 11.9. The van der Waals surface area contributed by atoms with Crippen LogP contribution in [0.4, 0.5) is 0 Å². The molecule has 0 saturated carbocycles. The lowest BCUT2D eigenvalue weighted by molar-refractivity contribution is -0.119. The van der Waals surface area contributed by atoms with Gasteiger partial charge in [-0.1, -0.05) is 61.2 Å². The molecule has 0 radical (unpaired) electrons. The van der Waals surface area contributed by atoms with E-state index in [-0.39, 0.29) is 17.6 Å². The summed E-state index contributed by atoms with van der Waals surface area (Å²) in [6.45, 7) is 2.10. The summed E-state index contributed by atoms with van der Waals surface area (Å²) < 4.78 is 0. The van der Waals surface area contributed by atoms with E-state index in [1.165, 1.54) is 17.3 Å². The average Bonchev–Trinajstić information content (AvgIpc) is 3.20. The van der Waals surface area contributed by atoms with Crippen molar-refractivity contribution in [1.29, 1.82) is 0 Å². The Balaban J connectivity index is 1.48. The molecule has 3 aromatic rings. The standard InChI is InChI=1S/C19H19N5O2S/c1-2-13-8-10-14(11-9-13)17-20-19(24-22-17)27-12-16(25)21-23-18(26)15-6-4-3-5-7-15/h3-11H,2,12H2,1H3,(H,21,25)(H,23,26)(H,20,22,24). The third-order valence-electron chi connectivity index (χ3n) is 3.78. The topological polar surface area (TPSA) is 99.8 Å². The minimum absolute atomic E-state index is 0.0845. The molecule has 0 aliphatic heterocycles. The number of hydrogen-bond donors (Lipinski definition) is 3. The maximum atomic E-state index is 11.9. The predicted molar refractivity (Wildman–Crippen MR) is 104 cm³/mol. The first-order valence-corrected chi connectivity index (χ1v) is 9.43. The zero-order valence-electron chi connectivity index (χ0n) is 14.7. The number of rotatable bonds is 6. The number of thioether (sulfide) groups is 1. The Hall–Kier alpha value is -3.13. The SMILES string of the molecule is CCc1ccc(-c2nc(SCC(=O)NNC(=O)c3ccccc3)n[nH]2)cc1. The highest BCUT2D eigenvalue weighted by Crippen LogP contribution is 2.19. The number of carbonyl (C=O) groups excluding carboxylic acids is 2. The van der Waals surface area contributed by atoms with Crippen molar-refractivity contribution in [3.8, 4) is 11.4 Å². The van der Waals surface area contributed by atoms with E-state index in [0.29, 0.717) is 16.5 Å². The first-order valence-electron chi connectivity index (χ1n) is 8.44. The van der Waals surface area contributed by atoms with E-state index >= 15 is 0 Å². The van der Waals surface area contributed by atoms with Gasteiger partial charge in [-0.05, 0) is 24.1 Å². The van der Waals surface area contributed by atoms with E-state index in [4.69, 9.17) is 0 Å². The van der Waals surface area contributed by atoms with Gasteiger partial charge in [0, 0.05) is 11.1 Å². The number of carbonyl (C=O) groups is 2. The van der Waals surface area contributed by atoms with Gasteiger partial charge in [-0.25, -0.2) is 4.98 Å². The molecule has 27 heavy (non-hydrogen) atoms. The average molecular weight is 381 g/mol. The summed E-state index contributed by atoms with van der Waals surface area (Å²) in [6.07, 6.45) is 0.980. The van der Waals surface area contributed by atoms with Crippen LogP contribution in [0.5, 0.6) is 0 Å². The molecule has 3 N–H and O–H groups in total. The van der Waals surface area contributed by atoms with Crippen LogP contribution in [0.15, 0.2) is 59.8 Å². The van der Waals surface area contributed by atoms with Gasteiger partial charge in [-0.15, -0.1) is 5.10 Å². The Morgan fingerprint density at radius 1 is 1.04 bits per heavy atom. The molecule has 138 valence electrons. The highest BCUT2D eigenvalue weighted by molar-refractivity contribution is 7.99. The van der Waals surface area contributed by atoms with E-state index < -0.39 is 0 Å². The van der Waals surface area contributed by atoms with Gasteiger partial charge in [0.1, 0.15) is 0 Å². The van der Waals surface area contributed by atoms with Crippen LogP contribution in [0.25, 0.3) is 11.4 Å². The number of benzene rings is 2. The van der Waals surface area contributed by atoms with Crippen LogP contribution in [0.3, 0.4) is 0 Å². The molecule has 0 aliphatic rings. The van der Waals surface area contributed by atoms with Crippen LogP contribution in [-0.2, 0) is 11.2 Å². The number of nitrogens with one attached hydrogen (secondary N) is 3. The molecule has 2 aromatic carbocycles. The van der Waals surface area contributed by atoms with Crippen LogP contribution < -0.4 is 10.9 Å². The molecule has 8 heteroatoms. The molecule has 0 saturated heterocycles. The van der Waals surface area contributed by atoms with E-state index in [2.05, 4.69) is 33.0 Å². The summed E-state index contributed by atoms with van der Waals surface area (Å²) in [4.78, 5) is 28.1. The molecule has 0 bridgehead atoms. The summed E-state index contributed by atoms with van der Waals surface area (Å²) in [5, 5.41) is 7.45. The quantitative estimate of drug-likeness (QED) is 0.450. The second-order valence-electron chi connectivity index (χ2n) is 5.67. The molecule has 0 spiro atoms. The minimum atomic E-state index is -0.371. The fourth-order valence-electron chi connectivity index (χ4n) is 2.29. The predicted octanol–water partition coefficient (Wildman–Crippen LogP) is 2.59. The molecule has 1 heterocycles. The third kappa shape index (κ3) is 5.18. The van der Waals surface area contributed by atoms with Gasteiger partial charge in [0.15, 0.2) is 5.82 Å². The normalized spacial score (nSPS) is 10.4. The third-order valence-corrected chi connectivity index (χ3v) is 4.63. The molecule has 1 aromatic heterocycles. The van der Waals surface area contributed by atoms with Crippen molar-refractivity contribution in [2.75, 3.05) is 5.75 Å². The number of aromatic amines is 1. The molecular weight excluding hydrogens is 362 g/mol. The van der Waals surface area contributed by atoms with E-state index in [9.17, 15) is 9.59 Å². The van der Waals surface area contributed by atoms with Crippen LogP contribution >= 0.6 is 11.8 Å². The molecule has 0 aliphatic carbocycles. The fourth-order valence-corrected chi connectivity index (χ4v) is 2.89. The highest BCUT2D eigenvalue weighted by atomic mass is 32.2. The van der Waals surface area contributed by atoms with Gasteiger partial charge in [-0.2, -0.15) is 0 Å². The number of aromatic nitrogens is 3. The molecule has 3 rings (SSSR count). The second kappa shape index (κ2) is 9.00. The van der Waals surface area contributed by atoms with Gasteiger partial charge >= 0.3 is 0 Å². The lowest BCUT2D eigenvalue weighted by Crippen LogP contribution is -2.42. The number of aryl methyl sites for hydroxylation is 1. The number of H-pyrrole nitrogens is 1. The zero-order chi connectivity index (χ0) is 19.1. The fraction of sp³-hybridized carbons (Fsp3) is 0.158. The Labute approximate surface area is 161 Å². The number of amides is 2. The van der Waals surface area contributed by atoms with Crippen molar-refractivity contribution in [2.24, 2.45) is 0 Å². The molecule has 7 nitrogen and oxygen atoms in total. The molecular formula is C19H19N5O2S. The first-order chi connectivity index (χ1) is 13.2. The van der Waals surface area contributed by atoms with Crippen molar-refractivity contribution in [3.05, 3.63) is 65.7 Å². The van der Waals surface area contributed by atoms with Crippen molar-refractivity contribution in [1.82, 2.24) is 26.0 Å². The number of nitrogens with zero attached hydrogens (tertiary/aromatic N) is 2. The summed E-state index contributed by atoms with van der Waals surface area (Å²) in [6, 6.07) is 16.7. The molecule has 0 fully saturated rings. The van der Waals surface area contributed by atoms with Gasteiger partial charge in [0.2, 0.25) is 11.1 Å². The van der Waals surface area contributed by atoms with Crippen LogP contribution in [-0.4, -0.2) is 32.7 Å². The van der Waals surface area contributed by atoms with Gasteiger partial charge in [0.25, 0.3) is 5.91 Å². The summed E-state index contributed by atoms with van der Waals surface area (Å²) >= 11 is 1.18. The van der Waals surface area contributed by atoms with Crippen LogP contribution in [0, 0.1) is 0 Å². The van der Waals surface area contributed by atoms with E-state index in [1.807, 2.05) is 30.3 Å². The van der Waals surface area contributed by atoms with E-state index in [0.717, 1.165) is 12.0 Å². The summed E-state index contributed by atoms with van der Waals surface area (Å²) in [5.74, 6) is 0.0201. The van der Waals surface area contributed by atoms with E-state index in [1.54, 1.807) is 24.3 Å². The molecule has 2 amide bonds. The highest BCUT2D eigenvalue weighted by Gasteiger charge is 2.10. The molecule has 0 atom stereocenters. The van der Waals surface area contributed by atoms with Crippen molar-refractivity contribution in [3.63, 3.8) is 0 Å². The van der Waals surface area contributed by atoms with Gasteiger partial charge in [-0.3, -0.25) is 25.5 Å². The number of hydrogen-bond acceptors (Lipinski definition) is 5. The summed E-state index contributed by atoms with van der Waals surface area (Å²) in [7, 11) is 0. The van der Waals surface area contributed by atoms with Crippen molar-refractivity contribution >= 4 is 23.6 Å². The molecule has 0 unspecified atom stereocenters. The first kappa shape index (κ1) is 18.7. The smallest absolute Gasteiger partial charge is 0.269 e. The van der Waals surface area contributed by atoms with Crippen LogP contribution in [0.1, 0.15) is 22.8 Å². The Morgan fingerprint density at radius 2 is 1.78 bits per heavy atom. The largest absolute Gasteiger partial charge is 0.272 e. The number of hydrazine groups is 1. The second-order valence-corrected chi connectivity index (χ2v) is 6.62. The zero-order valence-corrected chi connectivity index (χ0v) is 15.5. The lowest BCUT2D eigenvalue weighted by Gasteiger charge is -2.06. The lowest BCUT2D eigenvalue weighted by atomic mass is 10.1. The van der Waals surface area contributed by atoms with Crippen LogP contribution in [0.2, 0.25) is 0 Å². The Morgan fingerprint density at radius 3 is 2.48 bits per heavy atom. The van der Waals surface area contributed by atoms with Gasteiger partial charge < -0.3 is 0 Å². The summed E-state index contributed by atoms with van der Waals surface area (Å²) in [5.41, 5.74) is 7.41. The van der Waals surface area contributed by atoms with Gasteiger partial charge in [0.05, 0.1) is 5.75 Å².